The van der Waals surface area contributed by atoms with Gasteiger partial charge in [-0.25, -0.2) is 18.4 Å². The molecular weight excluding hydrogens is 288 g/mol. The Hall–Kier alpha value is -2.64. The van der Waals surface area contributed by atoms with E-state index in [0.717, 1.165) is 6.07 Å². The summed E-state index contributed by atoms with van der Waals surface area (Å²) in [5.74, 6) is -1.44. The number of amides is 1. The summed E-state index contributed by atoms with van der Waals surface area (Å²) in [7, 11) is 0. The summed E-state index contributed by atoms with van der Waals surface area (Å²) < 4.78 is 33.8. The minimum atomic E-state index is -2.74. The molecule has 0 bridgehead atoms. The van der Waals surface area contributed by atoms with E-state index in [9.17, 15) is 18.4 Å². The highest BCUT2D eigenvalue weighted by molar-refractivity contribution is 5.91. The number of carboxylic acids is 1. The molecule has 2 N–H and O–H groups in total. The summed E-state index contributed by atoms with van der Waals surface area (Å²) in [5.41, 5.74) is -0.140. The zero-order valence-corrected chi connectivity index (χ0v) is 10.8. The highest BCUT2D eigenvalue weighted by Gasteiger charge is 2.14. The number of carbonyl (C=O) groups is 2. The van der Waals surface area contributed by atoms with Gasteiger partial charge in [-0.1, -0.05) is 12.7 Å². The first kappa shape index (κ1) is 16.4. The van der Waals surface area contributed by atoms with Crippen LogP contribution in [0.15, 0.2) is 30.9 Å². The van der Waals surface area contributed by atoms with Gasteiger partial charge in [-0.3, -0.25) is 5.32 Å². The van der Waals surface area contributed by atoms with Gasteiger partial charge in [-0.2, -0.15) is 0 Å². The smallest absolute Gasteiger partial charge is 0.412 e. The zero-order valence-electron chi connectivity index (χ0n) is 10.8. The third-order valence-corrected chi connectivity index (χ3v) is 2.16. The Morgan fingerprint density at radius 2 is 2.14 bits per heavy atom. The Bertz CT molecular complexity index is 533. The lowest BCUT2D eigenvalue weighted by Crippen LogP contribution is -2.16. The van der Waals surface area contributed by atoms with Crippen LogP contribution in [0.4, 0.5) is 19.3 Å². The van der Waals surface area contributed by atoms with E-state index in [-0.39, 0.29) is 23.6 Å². The number of hydrogen-bond acceptors (Lipinski definition) is 4. The van der Waals surface area contributed by atoms with Gasteiger partial charge in [0.2, 0.25) is 0 Å². The van der Waals surface area contributed by atoms with E-state index in [1.165, 1.54) is 18.2 Å². The van der Waals surface area contributed by atoms with Gasteiger partial charge in [0.05, 0.1) is 11.3 Å². The van der Waals surface area contributed by atoms with E-state index in [2.05, 4.69) is 16.6 Å². The maximum absolute atomic E-state index is 12.2. The van der Waals surface area contributed by atoms with Gasteiger partial charge in [0.25, 0.3) is 6.43 Å². The fourth-order valence-corrected chi connectivity index (χ4v) is 1.31. The Kier molecular flexibility index (Phi) is 6.12. The minimum Gasteiger partial charge on any atom is -0.485 e. The molecule has 21 heavy (non-hydrogen) atoms. The van der Waals surface area contributed by atoms with Crippen LogP contribution in [0.25, 0.3) is 0 Å². The van der Waals surface area contributed by atoms with Crippen molar-refractivity contribution in [3.63, 3.8) is 0 Å². The Morgan fingerprint density at radius 3 is 2.71 bits per heavy atom. The number of nitrogens with one attached hydrogen (secondary N) is 1. The highest BCUT2D eigenvalue weighted by Crippen LogP contribution is 2.26. The van der Waals surface area contributed by atoms with Crippen LogP contribution in [0.1, 0.15) is 10.4 Å². The molecule has 6 nitrogen and oxygen atoms in total. The largest absolute Gasteiger partial charge is 0.485 e. The van der Waals surface area contributed by atoms with Crippen LogP contribution in [0, 0.1) is 0 Å². The van der Waals surface area contributed by atoms with Crippen molar-refractivity contribution in [3.8, 4) is 5.75 Å². The number of carbonyl (C=O) groups excluding carboxylic acids is 1. The van der Waals surface area contributed by atoms with Crippen LogP contribution >= 0.6 is 0 Å². The summed E-state index contributed by atoms with van der Waals surface area (Å²) >= 11 is 0. The number of rotatable bonds is 7. The maximum Gasteiger partial charge on any atom is 0.412 e. The number of anilines is 1. The number of carboxylic acid groups (broad SMARTS) is 1. The summed E-state index contributed by atoms with van der Waals surface area (Å²) in [4.78, 5) is 22.2. The van der Waals surface area contributed by atoms with Crippen LogP contribution < -0.4 is 10.1 Å². The van der Waals surface area contributed by atoms with Crippen LogP contribution in [0.3, 0.4) is 0 Å². The fraction of sp³-hybridized carbons (Fsp3) is 0.231. The lowest BCUT2D eigenvalue weighted by molar-refractivity contribution is 0.0695. The molecule has 0 saturated carbocycles. The molecule has 1 aromatic rings. The zero-order chi connectivity index (χ0) is 15.8. The third-order valence-electron chi connectivity index (χ3n) is 2.16. The molecule has 0 fully saturated rings. The molecule has 0 aliphatic rings. The molecular formula is C13H13F2NO5. The minimum absolute atomic E-state index is 0.0229. The van der Waals surface area contributed by atoms with Crippen LogP contribution in [-0.4, -0.2) is 36.8 Å². The topological polar surface area (TPSA) is 84.9 Å². The number of alkyl halides is 2. The third kappa shape index (κ3) is 5.47. The number of benzene rings is 1. The van der Waals surface area contributed by atoms with Crippen molar-refractivity contribution in [2.75, 3.05) is 18.5 Å². The van der Waals surface area contributed by atoms with Crippen LogP contribution in [-0.2, 0) is 4.74 Å². The molecule has 1 aromatic carbocycles. The quantitative estimate of drug-likeness (QED) is 0.756. The molecule has 0 unspecified atom stereocenters. The summed E-state index contributed by atoms with van der Waals surface area (Å²) in [6.45, 7) is 2.39. The number of ether oxygens (including phenoxy) is 2. The van der Waals surface area contributed by atoms with E-state index in [0.29, 0.717) is 0 Å². The lowest BCUT2D eigenvalue weighted by Gasteiger charge is -2.13. The van der Waals surface area contributed by atoms with Crippen molar-refractivity contribution in [2.45, 2.75) is 6.43 Å². The summed E-state index contributed by atoms with van der Waals surface area (Å²) in [6.07, 6.45) is -2.24. The molecule has 8 heteroatoms. The standard InChI is InChI=1S/C13H13F2NO5/c1-2-5-20-13(19)16-9-4-3-8(12(17)18)6-10(9)21-7-11(14)15/h2-4,6,11H,1,5,7H2,(H,16,19)(H,17,18). The van der Waals surface area contributed by atoms with Gasteiger partial charge in [-0.15, -0.1) is 0 Å². The average Bonchev–Trinajstić information content (AvgIpc) is 2.43. The van der Waals surface area contributed by atoms with Gasteiger partial charge in [0.1, 0.15) is 19.0 Å². The molecule has 0 spiro atoms. The second-order valence-electron chi connectivity index (χ2n) is 3.73. The van der Waals surface area contributed by atoms with Crippen molar-refractivity contribution in [1.29, 1.82) is 0 Å². The Morgan fingerprint density at radius 1 is 1.43 bits per heavy atom. The van der Waals surface area contributed by atoms with Crippen LogP contribution in [0.2, 0.25) is 0 Å². The van der Waals surface area contributed by atoms with E-state index in [1.54, 1.807) is 0 Å². The van der Waals surface area contributed by atoms with E-state index < -0.39 is 25.1 Å². The van der Waals surface area contributed by atoms with Crippen molar-refractivity contribution in [3.05, 3.63) is 36.4 Å². The second kappa shape index (κ2) is 7.83. The summed E-state index contributed by atoms with van der Waals surface area (Å²) in [5, 5.41) is 11.1. The molecule has 0 aliphatic carbocycles. The van der Waals surface area contributed by atoms with Gasteiger partial charge in [0, 0.05) is 0 Å². The molecule has 1 rings (SSSR count). The normalized spacial score (nSPS) is 10.0. The Balaban J connectivity index is 2.91. The van der Waals surface area contributed by atoms with Gasteiger partial charge < -0.3 is 14.6 Å². The fourth-order valence-electron chi connectivity index (χ4n) is 1.31. The predicted molar refractivity (Wildman–Crippen MR) is 70.1 cm³/mol. The highest BCUT2D eigenvalue weighted by atomic mass is 19.3. The van der Waals surface area contributed by atoms with Crippen molar-refractivity contribution in [2.24, 2.45) is 0 Å². The first-order valence-electron chi connectivity index (χ1n) is 5.77. The van der Waals surface area contributed by atoms with Gasteiger partial charge in [0.15, 0.2) is 0 Å². The lowest BCUT2D eigenvalue weighted by atomic mass is 10.2. The molecule has 0 aliphatic heterocycles. The predicted octanol–water partition coefficient (Wildman–Crippen LogP) is 2.76. The first-order chi connectivity index (χ1) is 9.93. The first-order valence-corrected chi connectivity index (χ1v) is 5.77. The van der Waals surface area contributed by atoms with Crippen molar-refractivity contribution in [1.82, 2.24) is 0 Å². The number of aromatic carboxylic acids is 1. The SMILES string of the molecule is C=CCOC(=O)Nc1ccc(C(=O)O)cc1OCC(F)F. The van der Waals surface area contributed by atoms with E-state index in [1.807, 2.05) is 0 Å². The van der Waals surface area contributed by atoms with Crippen LogP contribution in [0.5, 0.6) is 5.75 Å². The Labute approximate surface area is 119 Å². The van der Waals surface area contributed by atoms with E-state index in [4.69, 9.17) is 9.84 Å². The number of hydrogen-bond donors (Lipinski definition) is 2. The second-order valence-corrected chi connectivity index (χ2v) is 3.73. The molecule has 0 atom stereocenters. The summed E-state index contributed by atoms with van der Waals surface area (Å²) in [6, 6.07) is 3.45. The molecule has 0 heterocycles. The monoisotopic (exact) mass is 301 g/mol. The molecule has 1 amide bonds. The van der Waals surface area contributed by atoms with Gasteiger partial charge in [-0.05, 0) is 18.2 Å². The molecule has 114 valence electrons. The molecule has 0 radical (unpaired) electrons. The van der Waals surface area contributed by atoms with Crippen molar-refractivity contribution < 1.29 is 33.0 Å². The molecule has 0 saturated heterocycles. The van der Waals surface area contributed by atoms with Crippen molar-refractivity contribution >= 4 is 17.7 Å². The van der Waals surface area contributed by atoms with Gasteiger partial charge >= 0.3 is 12.1 Å². The van der Waals surface area contributed by atoms with E-state index >= 15 is 0 Å². The number of halogens is 2. The molecule has 0 aromatic heterocycles. The maximum atomic E-state index is 12.2. The average molecular weight is 301 g/mol.